The van der Waals surface area contributed by atoms with Gasteiger partial charge in [0.05, 0.1) is 20.0 Å². The first kappa shape index (κ1) is 12.2. The van der Waals surface area contributed by atoms with Crippen LogP contribution < -0.4 is 5.32 Å². The molecule has 0 aliphatic rings. The van der Waals surface area contributed by atoms with Crippen LogP contribution in [0.2, 0.25) is 0 Å². The quantitative estimate of drug-likeness (QED) is 0.728. The number of pyridine rings is 1. The van der Waals surface area contributed by atoms with Crippen molar-refractivity contribution in [3.8, 4) is 0 Å². The van der Waals surface area contributed by atoms with Crippen LogP contribution in [0.15, 0.2) is 24.5 Å². The van der Waals surface area contributed by atoms with Crippen LogP contribution in [-0.2, 0) is 20.7 Å². The normalized spacial score (nSPS) is 9.56. The number of carbonyl (C=O) groups is 2. The standard InChI is InChI=1S/C11H14N2O3/c1-16-11(15)4-6-13-10(14)7-9-3-2-5-12-8-9/h2-3,5,8H,4,6-7H2,1H3,(H,13,14). The van der Waals surface area contributed by atoms with Crippen molar-refractivity contribution < 1.29 is 14.3 Å². The zero-order chi connectivity index (χ0) is 11.8. The first-order valence-electron chi connectivity index (χ1n) is 4.95. The highest BCUT2D eigenvalue weighted by molar-refractivity contribution is 5.79. The van der Waals surface area contributed by atoms with E-state index in [1.54, 1.807) is 18.5 Å². The Morgan fingerprint density at radius 2 is 2.31 bits per heavy atom. The van der Waals surface area contributed by atoms with E-state index < -0.39 is 0 Å². The first-order chi connectivity index (χ1) is 7.72. The molecule has 0 saturated heterocycles. The molecule has 5 heteroatoms. The van der Waals surface area contributed by atoms with Crippen molar-refractivity contribution >= 4 is 11.9 Å². The van der Waals surface area contributed by atoms with Gasteiger partial charge in [-0.25, -0.2) is 0 Å². The van der Waals surface area contributed by atoms with Gasteiger partial charge in [-0.2, -0.15) is 0 Å². The van der Waals surface area contributed by atoms with Gasteiger partial charge in [0.2, 0.25) is 5.91 Å². The average molecular weight is 222 g/mol. The summed E-state index contributed by atoms with van der Waals surface area (Å²) < 4.78 is 4.45. The third-order valence-electron chi connectivity index (χ3n) is 1.97. The Kier molecular flexibility index (Phi) is 4.98. The van der Waals surface area contributed by atoms with E-state index in [0.29, 0.717) is 6.54 Å². The summed E-state index contributed by atoms with van der Waals surface area (Å²) in [4.78, 5) is 26.1. The number of hydrogen-bond acceptors (Lipinski definition) is 4. The molecule has 0 aromatic carbocycles. The Labute approximate surface area is 93.8 Å². The minimum absolute atomic E-state index is 0.128. The lowest BCUT2D eigenvalue weighted by Gasteiger charge is -2.03. The van der Waals surface area contributed by atoms with Crippen LogP contribution in [0, 0.1) is 0 Å². The van der Waals surface area contributed by atoms with Gasteiger partial charge in [0, 0.05) is 18.9 Å². The SMILES string of the molecule is COC(=O)CCNC(=O)Cc1cccnc1. The summed E-state index contributed by atoms with van der Waals surface area (Å²) in [5.74, 6) is -0.460. The molecule has 5 nitrogen and oxygen atoms in total. The second-order valence-electron chi connectivity index (χ2n) is 3.21. The summed E-state index contributed by atoms with van der Waals surface area (Å²) in [5, 5.41) is 2.63. The van der Waals surface area contributed by atoms with Gasteiger partial charge >= 0.3 is 5.97 Å². The lowest BCUT2D eigenvalue weighted by molar-refractivity contribution is -0.140. The van der Waals surface area contributed by atoms with Crippen LogP contribution in [0.1, 0.15) is 12.0 Å². The Morgan fingerprint density at radius 3 is 2.94 bits per heavy atom. The highest BCUT2D eigenvalue weighted by Gasteiger charge is 2.04. The molecule has 0 aliphatic heterocycles. The highest BCUT2D eigenvalue weighted by Crippen LogP contribution is 1.96. The largest absolute Gasteiger partial charge is 0.469 e. The first-order valence-corrected chi connectivity index (χ1v) is 4.95. The molecule has 1 N–H and O–H groups in total. The van der Waals surface area contributed by atoms with Gasteiger partial charge in [-0.05, 0) is 11.6 Å². The van der Waals surface area contributed by atoms with Gasteiger partial charge in [-0.3, -0.25) is 14.6 Å². The van der Waals surface area contributed by atoms with Gasteiger partial charge in [0.1, 0.15) is 0 Å². The topological polar surface area (TPSA) is 68.3 Å². The van der Waals surface area contributed by atoms with Crippen LogP contribution in [0.4, 0.5) is 0 Å². The van der Waals surface area contributed by atoms with E-state index in [4.69, 9.17) is 0 Å². The summed E-state index contributed by atoms with van der Waals surface area (Å²) in [6.45, 7) is 0.297. The second-order valence-corrected chi connectivity index (χ2v) is 3.21. The molecule has 0 fully saturated rings. The van der Waals surface area contributed by atoms with E-state index in [9.17, 15) is 9.59 Å². The van der Waals surface area contributed by atoms with Crippen LogP contribution in [0.25, 0.3) is 0 Å². The number of carbonyl (C=O) groups excluding carboxylic acids is 2. The lowest BCUT2D eigenvalue weighted by atomic mass is 10.2. The van der Waals surface area contributed by atoms with Crippen molar-refractivity contribution in [3.63, 3.8) is 0 Å². The molecule has 0 radical (unpaired) electrons. The molecular weight excluding hydrogens is 208 g/mol. The summed E-state index contributed by atoms with van der Waals surface area (Å²) in [7, 11) is 1.32. The van der Waals surface area contributed by atoms with Crippen LogP contribution in [-0.4, -0.2) is 30.5 Å². The van der Waals surface area contributed by atoms with Gasteiger partial charge in [0.15, 0.2) is 0 Å². The second kappa shape index (κ2) is 6.55. The molecule has 0 saturated carbocycles. The maximum Gasteiger partial charge on any atom is 0.307 e. The molecule has 0 atom stereocenters. The molecular formula is C11H14N2O3. The average Bonchev–Trinajstić information content (AvgIpc) is 2.30. The predicted molar refractivity (Wildman–Crippen MR) is 57.6 cm³/mol. The number of ether oxygens (including phenoxy) is 1. The Hall–Kier alpha value is -1.91. The lowest BCUT2D eigenvalue weighted by Crippen LogP contribution is -2.27. The number of nitrogens with zero attached hydrogens (tertiary/aromatic N) is 1. The molecule has 0 aliphatic carbocycles. The molecule has 0 unspecified atom stereocenters. The third kappa shape index (κ3) is 4.54. The molecule has 0 spiro atoms. The van der Waals surface area contributed by atoms with Gasteiger partial charge in [-0.1, -0.05) is 6.07 Å². The van der Waals surface area contributed by atoms with E-state index in [0.717, 1.165) is 5.56 Å². The van der Waals surface area contributed by atoms with Crippen LogP contribution in [0.3, 0.4) is 0 Å². The maximum absolute atomic E-state index is 11.4. The smallest absolute Gasteiger partial charge is 0.307 e. The van der Waals surface area contributed by atoms with Crippen molar-refractivity contribution in [1.82, 2.24) is 10.3 Å². The molecule has 1 amide bonds. The summed E-state index contributed by atoms with van der Waals surface area (Å²) in [5.41, 5.74) is 0.845. The molecule has 1 aromatic heterocycles. The number of hydrogen-bond donors (Lipinski definition) is 1. The highest BCUT2D eigenvalue weighted by atomic mass is 16.5. The van der Waals surface area contributed by atoms with Crippen LogP contribution >= 0.6 is 0 Å². The molecule has 86 valence electrons. The number of aromatic nitrogens is 1. The number of nitrogens with one attached hydrogen (secondary N) is 1. The molecule has 16 heavy (non-hydrogen) atoms. The van der Waals surface area contributed by atoms with Crippen molar-refractivity contribution in [2.24, 2.45) is 0 Å². The maximum atomic E-state index is 11.4. The van der Waals surface area contributed by atoms with Crippen molar-refractivity contribution in [1.29, 1.82) is 0 Å². The van der Waals surface area contributed by atoms with Gasteiger partial charge in [-0.15, -0.1) is 0 Å². The predicted octanol–water partition coefficient (Wildman–Crippen LogP) is 0.303. The van der Waals surface area contributed by atoms with Crippen molar-refractivity contribution in [2.45, 2.75) is 12.8 Å². The monoisotopic (exact) mass is 222 g/mol. The summed E-state index contributed by atoms with van der Waals surface area (Å²) >= 11 is 0. The van der Waals surface area contributed by atoms with E-state index in [-0.39, 0.29) is 24.7 Å². The Balaban J connectivity index is 2.24. The minimum atomic E-state index is -0.332. The zero-order valence-corrected chi connectivity index (χ0v) is 9.10. The van der Waals surface area contributed by atoms with E-state index in [1.165, 1.54) is 7.11 Å². The van der Waals surface area contributed by atoms with Gasteiger partial charge < -0.3 is 10.1 Å². The van der Waals surface area contributed by atoms with Crippen molar-refractivity contribution in [2.75, 3.05) is 13.7 Å². The van der Waals surface area contributed by atoms with Crippen LogP contribution in [0.5, 0.6) is 0 Å². The third-order valence-corrected chi connectivity index (χ3v) is 1.97. The minimum Gasteiger partial charge on any atom is -0.469 e. The fraction of sp³-hybridized carbons (Fsp3) is 0.364. The fourth-order valence-electron chi connectivity index (χ4n) is 1.16. The van der Waals surface area contributed by atoms with E-state index in [2.05, 4.69) is 15.0 Å². The fourth-order valence-corrected chi connectivity index (χ4v) is 1.16. The number of esters is 1. The molecule has 1 rings (SSSR count). The van der Waals surface area contributed by atoms with Crippen molar-refractivity contribution in [3.05, 3.63) is 30.1 Å². The number of amides is 1. The number of methoxy groups -OCH3 is 1. The van der Waals surface area contributed by atoms with Gasteiger partial charge in [0.25, 0.3) is 0 Å². The summed E-state index contributed by atoms with van der Waals surface area (Å²) in [6.07, 6.45) is 3.75. The Bertz CT molecular complexity index is 352. The Morgan fingerprint density at radius 1 is 1.50 bits per heavy atom. The van der Waals surface area contributed by atoms with E-state index >= 15 is 0 Å². The summed E-state index contributed by atoms with van der Waals surface area (Å²) in [6, 6.07) is 3.60. The van der Waals surface area contributed by atoms with E-state index in [1.807, 2.05) is 6.07 Å². The molecule has 1 aromatic rings. The molecule has 0 bridgehead atoms. The zero-order valence-electron chi connectivity index (χ0n) is 9.10. The molecule has 1 heterocycles. The number of rotatable bonds is 5.